The molecule has 1 amide bonds. The summed E-state index contributed by atoms with van der Waals surface area (Å²) in [6.45, 7) is 0. The van der Waals surface area contributed by atoms with Crippen LogP contribution in [0.1, 0.15) is 20.7 Å². The summed E-state index contributed by atoms with van der Waals surface area (Å²) in [6, 6.07) is 12.6. The molecule has 0 saturated heterocycles. The topological polar surface area (TPSA) is 92.4 Å². The number of carbonyl (C=O) groups excluding carboxylic acids is 1. The van der Waals surface area contributed by atoms with Gasteiger partial charge in [0.2, 0.25) is 0 Å². The molecule has 5 nitrogen and oxygen atoms in total. The predicted molar refractivity (Wildman–Crippen MR) is 72.2 cm³/mol. The maximum Gasteiger partial charge on any atom is 0.335 e. The highest BCUT2D eigenvalue weighted by atomic mass is 16.4. The van der Waals surface area contributed by atoms with Crippen molar-refractivity contribution in [1.82, 2.24) is 0 Å². The molecular formula is C14H12N2O3. The Morgan fingerprint density at radius 2 is 1.53 bits per heavy atom. The van der Waals surface area contributed by atoms with E-state index in [1.54, 1.807) is 24.3 Å². The SMILES string of the molecule is Nc1ccccc1NC(=O)c1ccc(C(=O)O)cc1. The molecule has 0 spiro atoms. The Kier molecular flexibility index (Phi) is 3.47. The van der Waals surface area contributed by atoms with Gasteiger partial charge in [-0.2, -0.15) is 0 Å². The number of carboxylic acid groups (broad SMARTS) is 1. The number of carbonyl (C=O) groups is 2. The number of anilines is 2. The number of nitrogens with two attached hydrogens (primary N) is 1. The molecular weight excluding hydrogens is 244 g/mol. The number of benzene rings is 2. The Morgan fingerprint density at radius 3 is 2.11 bits per heavy atom. The lowest BCUT2D eigenvalue weighted by atomic mass is 10.1. The fourth-order valence-corrected chi connectivity index (χ4v) is 1.57. The molecule has 0 unspecified atom stereocenters. The van der Waals surface area contributed by atoms with Crippen molar-refractivity contribution < 1.29 is 14.7 Å². The monoisotopic (exact) mass is 256 g/mol. The lowest BCUT2D eigenvalue weighted by Gasteiger charge is -2.07. The van der Waals surface area contributed by atoms with Crippen LogP contribution < -0.4 is 11.1 Å². The molecule has 0 aliphatic carbocycles. The Hall–Kier alpha value is -2.82. The standard InChI is InChI=1S/C14H12N2O3/c15-11-3-1-2-4-12(11)16-13(17)9-5-7-10(8-6-9)14(18)19/h1-8H,15H2,(H,16,17)(H,18,19). The van der Waals surface area contributed by atoms with Crippen molar-refractivity contribution in [3.63, 3.8) is 0 Å². The summed E-state index contributed by atoms with van der Waals surface area (Å²) < 4.78 is 0. The molecule has 0 radical (unpaired) electrons. The first-order chi connectivity index (χ1) is 9.08. The van der Waals surface area contributed by atoms with Crippen LogP contribution in [0.25, 0.3) is 0 Å². The van der Waals surface area contributed by atoms with Gasteiger partial charge >= 0.3 is 5.97 Å². The minimum Gasteiger partial charge on any atom is -0.478 e. The average Bonchev–Trinajstić information content (AvgIpc) is 2.41. The fourth-order valence-electron chi connectivity index (χ4n) is 1.57. The second-order valence-electron chi connectivity index (χ2n) is 3.92. The first-order valence-corrected chi connectivity index (χ1v) is 5.57. The summed E-state index contributed by atoms with van der Waals surface area (Å²) in [6.07, 6.45) is 0. The van der Waals surface area contributed by atoms with Gasteiger partial charge in [0.1, 0.15) is 0 Å². The molecule has 5 heteroatoms. The van der Waals surface area contributed by atoms with E-state index in [0.29, 0.717) is 16.9 Å². The molecule has 0 aliphatic heterocycles. The summed E-state index contributed by atoms with van der Waals surface area (Å²) in [5.41, 5.74) is 7.22. The van der Waals surface area contributed by atoms with Crippen molar-refractivity contribution in [2.75, 3.05) is 11.1 Å². The number of nitrogen functional groups attached to an aromatic ring is 1. The summed E-state index contributed by atoms with van der Waals surface area (Å²) in [4.78, 5) is 22.6. The van der Waals surface area contributed by atoms with E-state index in [1.165, 1.54) is 24.3 Å². The second kappa shape index (κ2) is 5.22. The molecule has 2 rings (SSSR count). The van der Waals surface area contributed by atoms with Crippen LogP contribution in [-0.2, 0) is 0 Å². The van der Waals surface area contributed by atoms with Crippen LogP contribution in [0.4, 0.5) is 11.4 Å². The van der Waals surface area contributed by atoms with E-state index in [9.17, 15) is 9.59 Å². The Balaban J connectivity index is 2.16. The van der Waals surface area contributed by atoms with Gasteiger partial charge < -0.3 is 16.2 Å². The van der Waals surface area contributed by atoms with Crippen LogP contribution in [-0.4, -0.2) is 17.0 Å². The molecule has 2 aromatic carbocycles. The van der Waals surface area contributed by atoms with Crippen molar-refractivity contribution in [2.24, 2.45) is 0 Å². The lowest BCUT2D eigenvalue weighted by Crippen LogP contribution is -2.13. The zero-order chi connectivity index (χ0) is 13.8. The van der Waals surface area contributed by atoms with Crippen LogP contribution in [0, 0.1) is 0 Å². The summed E-state index contributed by atoms with van der Waals surface area (Å²) in [7, 11) is 0. The molecule has 4 N–H and O–H groups in total. The summed E-state index contributed by atoms with van der Waals surface area (Å²) >= 11 is 0. The number of hydrogen-bond donors (Lipinski definition) is 3. The van der Waals surface area contributed by atoms with Crippen molar-refractivity contribution in [2.45, 2.75) is 0 Å². The third-order valence-corrected chi connectivity index (χ3v) is 2.60. The van der Waals surface area contributed by atoms with Crippen molar-refractivity contribution in [3.05, 3.63) is 59.7 Å². The van der Waals surface area contributed by atoms with E-state index >= 15 is 0 Å². The average molecular weight is 256 g/mol. The fraction of sp³-hybridized carbons (Fsp3) is 0. The van der Waals surface area contributed by atoms with Gasteiger partial charge in [-0.1, -0.05) is 12.1 Å². The van der Waals surface area contributed by atoms with Gasteiger partial charge in [0.15, 0.2) is 0 Å². The molecule has 0 atom stereocenters. The van der Waals surface area contributed by atoms with E-state index in [4.69, 9.17) is 10.8 Å². The first-order valence-electron chi connectivity index (χ1n) is 5.57. The maximum absolute atomic E-state index is 11.9. The van der Waals surface area contributed by atoms with Crippen LogP contribution >= 0.6 is 0 Å². The van der Waals surface area contributed by atoms with Gasteiger partial charge in [-0.05, 0) is 36.4 Å². The quantitative estimate of drug-likeness (QED) is 0.734. The van der Waals surface area contributed by atoms with Crippen LogP contribution in [0.5, 0.6) is 0 Å². The van der Waals surface area contributed by atoms with Gasteiger partial charge in [-0.15, -0.1) is 0 Å². The Bertz CT molecular complexity index is 621. The number of carboxylic acids is 1. The molecule has 0 saturated carbocycles. The van der Waals surface area contributed by atoms with Gasteiger partial charge in [-0.3, -0.25) is 4.79 Å². The smallest absolute Gasteiger partial charge is 0.335 e. The number of aromatic carboxylic acids is 1. The van der Waals surface area contributed by atoms with Crippen LogP contribution in [0.2, 0.25) is 0 Å². The lowest BCUT2D eigenvalue weighted by molar-refractivity contribution is 0.0696. The zero-order valence-electron chi connectivity index (χ0n) is 9.96. The number of hydrogen-bond acceptors (Lipinski definition) is 3. The van der Waals surface area contributed by atoms with Gasteiger partial charge in [0.25, 0.3) is 5.91 Å². The minimum absolute atomic E-state index is 0.135. The number of para-hydroxylation sites is 2. The first kappa shape index (κ1) is 12.6. The second-order valence-corrected chi connectivity index (χ2v) is 3.92. The highest BCUT2D eigenvalue weighted by molar-refractivity contribution is 6.06. The van der Waals surface area contributed by atoms with E-state index in [0.717, 1.165) is 0 Å². The van der Waals surface area contributed by atoms with Gasteiger partial charge in [0.05, 0.1) is 16.9 Å². The van der Waals surface area contributed by atoms with E-state index in [1.807, 2.05) is 0 Å². The molecule has 0 heterocycles. The van der Waals surface area contributed by atoms with Crippen molar-refractivity contribution in [3.8, 4) is 0 Å². The molecule has 19 heavy (non-hydrogen) atoms. The van der Waals surface area contributed by atoms with Crippen LogP contribution in [0.3, 0.4) is 0 Å². The Morgan fingerprint density at radius 1 is 0.947 bits per heavy atom. The molecule has 0 aliphatic rings. The summed E-state index contributed by atoms with van der Waals surface area (Å²) in [5.74, 6) is -1.37. The Labute approximate surface area is 109 Å². The highest BCUT2D eigenvalue weighted by Gasteiger charge is 2.09. The maximum atomic E-state index is 11.9. The van der Waals surface area contributed by atoms with Crippen molar-refractivity contribution in [1.29, 1.82) is 0 Å². The van der Waals surface area contributed by atoms with Crippen LogP contribution in [0.15, 0.2) is 48.5 Å². The highest BCUT2D eigenvalue weighted by Crippen LogP contribution is 2.17. The molecule has 0 bridgehead atoms. The van der Waals surface area contributed by atoms with Gasteiger partial charge in [-0.25, -0.2) is 4.79 Å². The van der Waals surface area contributed by atoms with Gasteiger partial charge in [0, 0.05) is 5.56 Å². The number of nitrogens with one attached hydrogen (secondary N) is 1. The molecule has 96 valence electrons. The summed E-state index contributed by atoms with van der Waals surface area (Å²) in [5, 5.41) is 11.4. The third-order valence-electron chi connectivity index (χ3n) is 2.60. The number of amides is 1. The van der Waals surface area contributed by atoms with E-state index in [2.05, 4.69) is 5.32 Å². The largest absolute Gasteiger partial charge is 0.478 e. The van der Waals surface area contributed by atoms with Crippen molar-refractivity contribution >= 4 is 23.3 Å². The number of rotatable bonds is 3. The minimum atomic E-state index is -1.03. The van der Waals surface area contributed by atoms with E-state index < -0.39 is 5.97 Å². The third kappa shape index (κ3) is 2.90. The van der Waals surface area contributed by atoms with E-state index in [-0.39, 0.29) is 11.5 Å². The predicted octanol–water partition coefficient (Wildman–Crippen LogP) is 2.22. The molecule has 0 aromatic heterocycles. The zero-order valence-corrected chi connectivity index (χ0v) is 9.96. The molecule has 0 fully saturated rings. The molecule has 2 aromatic rings. The normalized spacial score (nSPS) is 9.89.